The second-order valence-electron chi connectivity index (χ2n) is 8.10. The lowest BCUT2D eigenvalue weighted by molar-refractivity contribution is -0.138. The molecule has 2 aliphatic rings. The summed E-state index contributed by atoms with van der Waals surface area (Å²) in [6, 6.07) is 6.11. The molecule has 1 amide bonds. The molecular formula is C22H35N3O. The van der Waals surface area contributed by atoms with E-state index in [2.05, 4.69) is 33.8 Å². The van der Waals surface area contributed by atoms with Crippen LogP contribution in [0.5, 0.6) is 0 Å². The van der Waals surface area contributed by atoms with Crippen molar-refractivity contribution in [2.75, 3.05) is 32.7 Å². The highest BCUT2D eigenvalue weighted by molar-refractivity contribution is 5.79. The Hall–Kier alpha value is -1.42. The minimum atomic E-state index is 0.299. The molecule has 2 fully saturated rings. The van der Waals surface area contributed by atoms with Crippen molar-refractivity contribution < 1.29 is 4.79 Å². The number of unbranched alkanes of at least 4 members (excludes halogenated alkanes) is 1. The number of hydrogen-bond donors (Lipinski definition) is 0. The average Bonchev–Trinajstić information content (AvgIpc) is 2.72. The minimum absolute atomic E-state index is 0.299. The number of piperazine rings is 1. The van der Waals surface area contributed by atoms with Crippen molar-refractivity contribution in [1.29, 1.82) is 0 Å². The van der Waals surface area contributed by atoms with Crippen molar-refractivity contribution in [3.63, 3.8) is 0 Å². The largest absolute Gasteiger partial charge is 0.340 e. The van der Waals surface area contributed by atoms with Gasteiger partial charge in [-0.25, -0.2) is 0 Å². The third kappa shape index (κ3) is 5.54. The molecule has 0 bridgehead atoms. The van der Waals surface area contributed by atoms with Gasteiger partial charge in [0.25, 0.3) is 0 Å². The van der Waals surface area contributed by atoms with Crippen LogP contribution in [-0.2, 0) is 11.2 Å². The standard InChI is InChI=1S/C22H35N3O/c1-2-3-6-19-8-10-20(11-9-19)22(26)25-17-15-24(16-18-25)14-12-21-7-4-5-13-23-21/h4-5,7,13,19-20H,2-3,6,8-12,14-18H2,1H3. The summed E-state index contributed by atoms with van der Waals surface area (Å²) in [5.74, 6) is 1.61. The Bertz CT molecular complexity index is 532. The van der Waals surface area contributed by atoms with Crippen LogP contribution in [0, 0.1) is 11.8 Å². The molecule has 1 saturated heterocycles. The summed E-state index contributed by atoms with van der Waals surface area (Å²) >= 11 is 0. The van der Waals surface area contributed by atoms with Gasteiger partial charge in [0, 0.05) is 57.0 Å². The lowest BCUT2D eigenvalue weighted by atomic mass is 9.79. The Morgan fingerprint density at radius 1 is 1.12 bits per heavy atom. The molecule has 0 radical (unpaired) electrons. The first-order valence-corrected chi connectivity index (χ1v) is 10.7. The topological polar surface area (TPSA) is 36.4 Å². The van der Waals surface area contributed by atoms with Gasteiger partial charge in [0.2, 0.25) is 5.91 Å². The van der Waals surface area contributed by atoms with Gasteiger partial charge in [0.1, 0.15) is 0 Å². The summed E-state index contributed by atoms with van der Waals surface area (Å²) in [6.07, 6.45) is 11.6. The van der Waals surface area contributed by atoms with Crippen molar-refractivity contribution in [3.05, 3.63) is 30.1 Å². The van der Waals surface area contributed by atoms with Crippen LogP contribution >= 0.6 is 0 Å². The van der Waals surface area contributed by atoms with E-state index in [9.17, 15) is 4.79 Å². The van der Waals surface area contributed by atoms with Gasteiger partial charge < -0.3 is 4.90 Å². The summed E-state index contributed by atoms with van der Waals surface area (Å²) in [6.45, 7) is 7.12. The maximum Gasteiger partial charge on any atom is 0.225 e. The van der Waals surface area contributed by atoms with Crippen molar-refractivity contribution in [1.82, 2.24) is 14.8 Å². The molecule has 0 spiro atoms. The molecule has 0 unspecified atom stereocenters. The fourth-order valence-electron chi connectivity index (χ4n) is 4.46. The SMILES string of the molecule is CCCCC1CCC(C(=O)N2CCN(CCc3ccccn3)CC2)CC1. The first-order chi connectivity index (χ1) is 12.8. The molecule has 0 atom stereocenters. The number of carbonyl (C=O) groups is 1. The molecular weight excluding hydrogens is 322 g/mol. The van der Waals surface area contributed by atoms with Gasteiger partial charge in [-0.1, -0.05) is 32.3 Å². The summed E-state index contributed by atoms with van der Waals surface area (Å²) in [5, 5.41) is 0. The number of nitrogens with zero attached hydrogens (tertiary/aromatic N) is 3. The van der Waals surface area contributed by atoms with Crippen LogP contribution in [0.2, 0.25) is 0 Å². The number of amides is 1. The van der Waals surface area contributed by atoms with Crippen LogP contribution in [0.25, 0.3) is 0 Å². The van der Waals surface area contributed by atoms with Crippen molar-refractivity contribution in [2.45, 2.75) is 58.3 Å². The molecule has 4 nitrogen and oxygen atoms in total. The van der Waals surface area contributed by atoms with Crippen molar-refractivity contribution >= 4 is 5.91 Å². The summed E-state index contributed by atoms with van der Waals surface area (Å²) in [7, 11) is 0. The fraction of sp³-hybridized carbons (Fsp3) is 0.727. The van der Waals surface area contributed by atoms with E-state index in [1.807, 2.05) is 12.3 Å². The van der Waals surface area contributed by atoms with Crippen LogP contribution in [0.3, 0.4) is 0 Å². The van der Waals surface area contributed by atoms with E-state index < -0.39 is 0 Å². The number of carbonyl (C=O) groups excluding carboxylic acids is 1. The minimum Gasteiger partial charge on any atom is -0.340 e. The number of rotatable bonds is 7. The van der Waals surface area contributed by atoms with Crippen molar-refractivity contribution in [3.8, 4) is 0 Å². The zero-order valence-corrected chi connectivity index (χ0v) is 16.4. The van der Waals surface area contributed by atoms with E-state index in [4.69, 9.17) is 0 Å². The number of aromatic nitrogens is 1. The Labute approximate surface area is 159 Å². The monoisotopic (exact) mass is 357 g/mol. The predicted molar refractivity (Wildman–Crippen MR) is 106 cm³/mol. The molecule has 26 heavy (non-hydrogen) atoms. The molecule has 0 aromatic carbocycles. The van der Waals surface area contributed by atoms with Crippen LogP contribution < -0.4 is 0 Å². The normalized spacial score (nSPS) is 24.6. The summed E-state index contributed by atoms with van der Waals surface area (Å²) < 4.78 is 0. The molecule has 2 heterocycles. The summed E-state index contributed by atoms with van der Waals surface area (Å²) in [5.41, 5.74) is 1.16. The quantitative estimate of drug-likeness (QED) is 0.745. The first kappa shape index (κ1) is 19.3. The van der Waals surface area contributed by atoms with E-state index in [1.54, 1.807) is 0 Å². The molecule has 0 N–H and O–H groups in total. The zero-order chi connectivity index (χ0) is 18.2. The molecule has 1 aromatic rings. The van der Waals surface area contributed by atoms with Gasteiger partial charge in [0.05, 0.1) is 0 Å². The van der Waals surface area contributed by atoms with Crippen LogP contribution in [-0.4, -0.2) is 53.4 Å². The van der Waals surface area contributed by atoms with Crippen LogP contribution in [0.1, 0.15) is 57.6 Å². The average molecular weight is 358 g/mol. The lowest BCUT2D eigenvalue weighted by Crippen LogP contribution is -2.51. The van der Waals surface area contributed by atoms with Crippen molar-refractivity contribution in [2.24, 2.45) is 11.8 Å². The second kappa shape index (κ2) is 10.1. The third-order valence-corrected chi connectivity index (χ3v) is 6.26. The highest BCUT2D eigenvalue weighted by Gasteiger charge is 2.30. The molecule has 1 saturated carbocycles. The summed E-state index contributed by atoms with van der Waals surface area (Å²) in [4.78, 5) is 21.9. The first-order valence-electron chi connectivity index (χ1n) is 10.7. The highest BCUT2D eigenvalue weighted by Crippen LogP contribution is 2.33. The van der Waals surface area contributed by atoms with E-state index in [0.29, 0.717) is 11.8 Å². The van der Waals surface area contributed by atoms with E-state index in [1.165, 1.54) is 32.1 Å². The predicted octanol–water partition coefficient (Wildman–Crippen LogP) is 3.76. The molecule has 1 aromatic heterocycles. The maximum atomic E-state index is 12.9. The van der Waals surface area contributed by atoms with Gasteiger partial charge in [0.15, 0.2) is 0 Å². The van der Waals surface area contributed by atoms with Gasteiger partial charge in [-0.2, -0.15) is 0 Å². The van der Waals surface area contributed by atoms with Gasteiger partial charge in [-0.05, 0) is 43.7 Å². The lowest BCUT2D eigenvalue weighted by Gasteiger charge is -2.38. The Balaban J connectivity index is 1.36. The molecule has 3 rings (SSSR count). The second-order valence-corrected chi connectivity index (χ2v) is 8.10. The molecule has 1 aliphatic carbocycles. The Morgan fingerprint density at radius 2 is 1.88 bits per heavy atom. The Kier molecular flexibility index (Phi) is 7.48. The van der Waals surface area contributed by atoms with Gasteiger partial charge in [-0.15, -0.1) is 0 Å². The van der Waals surface area contributed by atoms with Gasteiger partial charge >= 0.3 is 0 Å². The zero-order valence-electron chi connectivity index (χ0n) is 16.4. The van der Waals surface area contributed by atoms with Crippen LogP contribution in [0.4, 0.5) is 0 Å². The maximum absolute atomic E-state index is 12.9. The molecule has 144 valence electrons. The van der Waals surface area contributed by atoms with Crippen LogP contribution in [0.15, 0.2) is 24.4 Å². The smallest absolute Gasteiger partial charge is 0.225 e. The highest BCUT2D eigenvalue weighted by atomic mass is 16.2. The fourth-order valence-corrected chi connectivity index (χ4v) is 4.46. The van der Waals surface area contributed by atoms with E-state index >= 15 is 0 Å². The molecule has 4 heteroatoms. The third-order valence-electron chi connectivity index (χ3n) is 6.26. The van der Waals surface area contributed by atoms with E-state index in [0.717, 1.165) is 63.6 Å². The molecule has 1 aliphatic heterocycles. The van der Waals surface area contributed by atoms with Gasteiger partial charge in [-0.3, -0.25) is 14.7 Å². The Morgan fingerprint density at radius 3 is 2.54 bits per heavy atom. The number of pyridine rings is 1. The number of hydrogen-bond acceptors (Lipinski definition) is 3. The van der Waals surface area contributed by atoms with E-state index in [-0.39, 0.29) is 0 Å².